The van der Waals surface area contributed by atoms with Gasteiger partial charge in [0.05, 0.1) is 12.2 Å². The van der Waals surface area contributed by atoms with Gasteiger partial charge in [-0.3, -0.25) is 9.48 Å². The van der Waals surface area contributed by atoms with Crippen molar-refractivity contribution in [3.05, 3.63) is 52.8 Å². The molecular weight excluding hydrogens is 310 g/mol. The molecule has 2 aliphatic rings. The standard InChI is InChI=1S/C18H20ClN3O/c1-11-8-21-22(10-11)14-6-15-16(7-14)17(15)9-20-18(23)12-2-4-13(19)5-3-12/h2-5,8,10,14-17H,6-7,9H2,1H3,(H,20,23)/t14-,15-,16+,17+. The zero-order valence-electron chi connectivity index (χ0n) is 13.1. The number of fused-ring (bicyclic) bond motifs is 1. The van der Waals surface area contributed by atoms with Crippen molar-refractivity contribution in [3.8, 4) is 0 Å². The first-order valence-corrected chi connectivity index (χ1v) is 8.54. The molecule has 0 radical (unpaired) electrons. The van der Waals surface area contributed by atoms with Gasteiger partial charge in [-0.15, -0.1) is 0 Å². The van der Waals surface area contributed by atoms with Gasteiger partial charge in [-0.25, -0.2) is 0 Å². The van der Waals surface area contributed by atoms with Crippen LogP contribution in [0.25, 0.3) is 0 Å². The van der Waals surface area contributed by atoms with Crippen LogP contribution in [0.3, 0.4) is 0 Å². The first kappa shape index (κ1) is 14.8. The highest BCUT2D eigenvalue weighted by Gasteiger charge is 2.56. The average molecular weight is 330 g/mol. The number of carbonyl (C=O) groups is 1. The van der Waals surface area contributed by atoms with Gasteiger partial charge < -0.3 is 5.32 Å². The van der Waals surface area contributed by atoms with Gasteiger partial charge in [-0.05, 0) is 67.3 Å². The predicted octanol–water partition coefficient (Wildman–Crippen LogP) is 3.47. The van der Waals surface area contributed by atoms with Gasteiger partial charge in [0, 0.05) is 23.3 Å². The highest BCUT2D eigenvalue weighted by atomic mass is 35.5. The lowest BCUT2D eigenvalue weighted by atomic mass is 10.1. The quantitative estimate of drug-likeness (QED) is 0.933. The molecule has 2 fully saturated rings. The summed E-state index contributed by atoms with van der Waals surface area (Å²) < 4.78 is 2.12. The fraction of sp³-hybridized carbons (Fsp3) is 0.444. The second kappa shape index (κ2) is 5.68. The van der Waals surface area contributed by atoms with Crippen LogP contribution in [0.15, 0.2) is 36.7 Å². The third-order valence-corrected chi connectivity index (χ3v) is 5.56. The van der Waals surface area contributed by atoms with Crippen molar-refractivity contribution in [2.45, 2.75) is 25.8 Å². The molecule has 1 heterocycles. The molecule has 5 heteroatoms. The zero-order valence-corrected chi connectivity index (χ0v) is 13.8. The SMILES string of the molecule is Cc1cnn([C@H]2C[C@@H]3[C@@H](CNC(=O)c4ccc(Cl)cc4)[C@@H]3C2)c1. The normalized spacial score (nSPS) is 28.4. The Kier molecular flexibility index (Phi) is 3.64. The van der Waals surface area contributed by atoms with Crippen molar-refractivity contribution in [2.24, 2.45) is 17.8 Å². The van der Waals surface area contributed by atoms with E-state index in [0.717, 1.165) is 18.4 Å². The van der Waals surface area contributed by atoms with E-state index in [4.69, 9.17) is 11.6 Å². The molecule has 0 spiro atoms. The lowest BCUT2D eigenvalue weighted by molar-refractivity contribution is 0.0950. The number of hydrogen-bond acceptors (Lipinski definition) is 2. The van der Waals surface area contributed by atoms with Gasteiger partial charge in [0.2, 0.25) is 0 Å². The molecule has 2 saturated carbocycles. The van der Waals surface area contributed by atoms with Crippen molar-refractivity contribution in [1.29, 1.82) is 0 Å². The van der Waals surface area contributed by atoms with Crippen molar-refractivity contribution in [2.75, 3.05) is 6.54 Å². The Morgan fingerprint density at radius 2 is 2.00 bits per heavy atom. The summed E-state index contributed by atoms with van der Waals surface area (Å²) in [5, 5.41) is 8.15. The highest BCUT2D eigenvalue weighted by Crippen LogP contribution is 2.60. The molecule has 0 aliphatic heterocycles. The number of aryl methyl sites for hydroxylation is 1. The lowest BCUT2D eigenvalue weighted by Crippen LogP contribution is -2.27. The Labute approximate surface area is 140 Å². The number of nitrogens with zero attached hydrogens (tertiary/aromatic N) is 2. The molecule has 120 valence electrons. The number of nitrogens with one attached hydrogen (secondary N) is 1. The fourth-order valence-corrected chi connectivity index (χ4v) is 4.14. The smallest absolute Gasteiger partial charge is 0.251 e. The highest BCUT2D eigenvalue weighted by molar-refractivity contribution is 6.30. The van der Waals surface area contributed by atoms with Crippen LogP contribution in [0.4, 0.5) is 0 Å². The maximum atomic E-state index is 12.1. The third kappa shape index (κ3) is 2.88. The van der Waals surface area contributed by atoms with Gasteiger partial charge >= 0.3 is 0 Å². The summed E-state index contributed by atoms with van der Waals surface area (Å²) in [6, 6.07) is 7.57. The Morgan fingerprint density at radius 3 is 2.61 bits per heavy atom. The molecule has 4 rings (SSSR count). The molecule has 1 amide bonds. The molecule has 0 bridgehead atoms. The average Bonchev–Trinajstić information content (AvgIpc) is 2.92. The number of hydrogen-bond donors (Lipinski definition) is 1. The second-order valence-electron chi connectivity index (χ2n) is 6.83. The Balaban J connectivity index is 1.27. The van der Waals surface area contributed by atoms with Gasteiger partial charge in [0.15, 0.2) is 0 Å². The predicted molar refractivity (Wildman–Crippen MR) is 89.5 cm³/mol. The van der Waals surface area contributed by atoms with Crippen molar-refractivity contribution in [1.82, 2.24) is 15.1 Å². The molecular formula is C18H20ClN3O. The van der Waals surface area contributed by atoms with Crippen LogP contribution < -0.4 is 5.32 Å². The van der Waals surface area contributed by atoms with E-state index in [1.807, 2.05) is 6.20 Å². The molecule has 2 aromatic rings. The molecule has 23 heavy (non-hydrogen) atoms. The third-order valence-electron chi connectivity index (χ3n) is 5.31. The van der Waals surface area contributed by atoms with Gasteiger partial charge in [-0.1, -0.05) is 11.6 Å². The van der Waals surface area contributed by atoms with Gasteiger partial charge in [-0.2, -0.15) is 5.10 Å². The molecule has 4 atom stereocenters. The lowest BCUT2D eigenvalue weighted by Gasteiger charge is -2.15. The Hall–Kier alpha value is -1.81. The molecule has 1 aromatic carbocycles. The van der Waals surface area contributed by atoms with Gasteiger partial charge in [0.1, 0.15) is 0 Å². The number of aromatic nitrogens is 2. The molecule has 4 nitrogen and oxygen atoms in total. The number of carbonyl (C=O) groups excluding carboxylic acids is 1. The van der Waals surface area contributed by atoms with Crippen molar-refractivity contribution < 1.29 is 4.79 Å². The minimum atomic E-state index is -0.00843. The zero-order chi connectivity index (χ0) is 16.0. The fourth-order valence-electron chi connectivity index (χ4n) is 4.01. The summed E-state index contributed by atoms with van der Waals surface area (Å²) in [5.74, 6) is 2.12. The summed E-state index contributed by atoms with van der Waals surface area (Å²) in [4.78, 5) is 12.1. The molecule has 1 aromatic heterocycles. The van der Waals surface area contributed by atoms with Crippen LogP contribution in [-0.4, -0.2) is 22.2 Å². The van der Waals surface area contributed by atoms with Crippen LogP contribution in [0, 0.1) is 24.7 Å². The number of benzene rings is 1. The van der Waals surface area contributed by atoms with Crippen LogP contribution >= 0.6 is 11.6 Å². The summed E-state index contributed by atoms with van der Waals surface area (Å²) in [5.41, 5.74) is 1.89. The summed E-state index contributed by atoms with van der Waals surface area (Å²) in [6.45, 7) is 2.86. The van der Waals surface area contributed by atoms with Crippen LogP contribution in [0.5, 0.6) is 0 Å². The first-order valence-electron chi connectivity index (χ1n) is 8.16. The van der Waals surface area contributed by atoms with E-state index in [2.05, 4.69) is 28.2 Å². The summed E-state index contributed by atoms with van der Waals surface area (Å²) >= 11 is 5.85. The van der Waals surface area contributed by atoms with Crippen LogP contribution in [0.2, 0.25) is 5.02 Å². The summed E-state index contributed by atoms with van der Waals surface area (Å²) in [6.07, 6.45) is 6.43. The molecule has 1 N–H and O–H groups in total. The van der Waals surface area contributed by atoms with E-state index in [0.29, 0.717) is 22.5 Å². The molecule has 0 unspecified atom stereocenters. The van der Waals surface area contributed by atoms with E-state index < -0.39 is 0 Å². The maximum Gasteiger partial charge on any atom is 0.251 e. The Morgan fingerprint density at radius 1 is 1.30 bits per heavy atom. The van der Waals surface area contributed by atoms with E-state index >= 15 is 0 Å². The largest absolute Gasteiger partial charge is 0.352 e. The van der Waals surface area contributed by atoms with Crippen LogP contribution in [0.1, 0.15) is 34.8 Å². The van der Waals surface area contributed by atoms with E-state index in [-0.39, 0.29) is 5.91 Å². The maximum absolute atomic E-state index is 12.1. The molecule has 2 aliphatic carbocycles. The number of halogens is 1. The molecule has 0 saturated heterocycles. The van der Waals surface area contributed by atoms with E-state index in [1.54, 1.807) is 24.3 Å². The summed E-state index contributed by atoms with van der Waals surface area (Å²) in [7, 11) is 0. The Bertz CT molecular complexity index is 712. The van der Waals surface area contributed by atoms with Crippen molar-refractivity contribution >= 4 is 17.5 Å². The topological polar surface area (TPSA) is 46.9 Å². The first-order chi connectivity index (χ1) is 11.1. The van der Waals surface area contributed by atoms with Crippen molar-refractivity contribution in [3.63, 3.8) is 0 Å². The monoisotopic (exact) mass is 329 g/mol. The van der Waals surface area contributed by atoms with E-state index in [1.165, 1.54) is 18.4 Å². The van der Waals surface area contributed by atoms with Gasteiger partial charge in [0.25, 0.3) is 5.91 Å². The number of rotatable bonds is 4. The number of amides is 1. The minimum Gasteiger partial charge on any atom is -0.352 e. The van der Waals surface area contributed by atoms with Crippen LogP contribution in [-0.2, 0) is 0 Å². The van der Waals surface area contributed by atoms with E-state index in [9.17, 15) is 4.79 Å². The second-order valence-corrected chi connectivity index (χ2v) is 7.27. The minimum absolute atomic E-state index is 0.00843.